The Labute approximate surface area is 181 Å². The highest BCUT2D eigenvalue weighted by molar-refractivity contribution is 5.85. The lowest BCUT2D eigenvalue weighted by Gasteiger charge is -2.44. The summed E-state index contributed by atoms with van der Waals surface area (Å²) in [7, 11) is 5.74. The van der Waals surface area contributed by atoms with Gasteiger partial charge in [0.25, 0.3) is 0 Å². The van der Waals surface area contributed by atoms with Crippen molar-refractivity contribution in [1.29, 1.82) is 0 Å². The van der Waals surface area contributed by atoms with Crippen molar-refractivity contribution in [3.05, 3.63) is 29.8 Å². The first-order chi connectivity index (χ1) is 14.5. The first-order valence-corrected chi connectivity index (χ1v) is 11.4. The summed E-state index contributed by atoms with van der Waals surface area (Å²) in [4.78, 5) is 32.9. The number of hydrogen-bond donors (Lipinski definition) is 0. The molecule has 2 aliphatic heterocycles. The summed E-state index contributed by atoms with van der Waals surface area (Å²) >= 11 is 0. The molecule has 0 aliphatic carbocycles. The van der Waals surface area contributed by atoms with Crippen LogP contribution in [0.1, 0.15) is 57.1 Å². The van der Waals surface area contributed by atoms with Crippen molar-refractivity contribution in [2.24, 2.45) is 5.92 Å². The van der Waals surface area contributed by atoms with Crippen LogP contribution in [-0.2, 0) is 9.59 Å². The molecule has 1 aromatic rings. The molecular formula is C24H37N3O3. The van der Waals surface area contributed by atoms with Gasteiger partial charge in [0.1, 0.15) is 5.75 Å². The fourth-order valence-corrected chi connectivity index (χ4v) is 4.92. The predicted octanol–water partition coefficient (Wildman–Crippen LogP) is 3.33. The number of ether oxygens (including phenoxy) is 1. The normalized spacial score (nSPS) is 23.5. The summed E-state index contributed by atoms with van der Waals surface area (Å²) in [6.45, 7) is 4.84. The molecule has 1 aromatic carbocycles. The van der Waals surface area contributed by atoms with Crippen molar-refractivity contribution >= 4 is 11.8 Å². The number of hydrogen-bond acceptors (Lipinski definition) is 4. The zero-order valence-corrected chi connectivity index (χ0v) is 19.0. The van der Waals surface area contributed by atoms with E-state index in [1.54, 1.807) is 7.11 Å². The zero-order valence-electron chi connectivity index (χ0n) is 19.0. The van der Waals surface area contributed by atoms with Crippen LogP contribution in [0, 0.1) is 5.92 Å². The molecule has 2 heterocycles. The van der Waals surface area contributed by atoms with Gasteiger partial charge in [-0.15, -0.1) is 0 Å². The van der Waals surface area contributed by atoms with Crippen molar-refractivity contribution in [3.8, 4) is 5.75 Å². The molecule has 2 saturated heterocycles. The Morgan fingerprint density at radius 2 is 1.90 bits per heavy atom. The quantitative estimate of drug-likeness (QED) is 0.686. The van der Waals surface area contributed by atoms with E-state index in [-0.39, 0.29) is 29.8 Å². The number of para-hydroxylation sites is 1. The van der Waals surface area contributed by atoms with E-state index in [0.29, 0.717) is 19.4 Å². The second kappa shape index (κ2) is 10.3. The van der Waals surface area contributed by atoms with Gasteiger partial charge < -0.3 is 19.4 Å². The number of carbonyl (C=O) groups is 2. The number of rotatable bonds is 7. The van der Waals surface area contributed by atoms with Crippen molar-refractivity contribution in [2.45, 2.75) is 57.5 Å². The van der Waals surface area contributed by atoms with Crippen LogP contribution >= 0.6 is 0 Å². The maximum Gasteiger partial charge on any atom is 0.228 e. The number of carbonyl (C=O) groups excluding carboxylic acids is 2. The molecule has 2 aliphatic rings. The predicted molar refractivity (Wildman–Crippen MR) is 118 cm³/mol. The van der Waals surface area contributed by atoms with Crippen LogP contribution < -0.4 is 4.74 Å². The van der Waals surface area contributed by atoms with E-state index in [0.717, 1.165) is 50.1 Å². The molecule has 6 heteroatoms. The number of likely N-dealkylation sites (tertiary alicyclic amines) is 2. The number of benzene rings is 1. The number of piperidine rings is 2. The van der Waals surface area contributed by atoms with Gasteiger partial charge in [0.2, 0.25) is 11.8 Å². The Balaban J connectivity index is 1.91. The fourth-order valence-electron chi connectivity index (χ4n) is 4.92. The van der Waals surface area contributed by atoms with E-state index in [2.05, 4.69) is 18.9 Å². The zero-order chi connectivity index (χ0) is 21.7. The van der Waals surface area contributed by atoms with Crippen molar-refractivity contribution in [1.82, 2.24) is 14.7 Å². The maximum absolute atomic E-state index is 13.7. The monoisotopic (exact) mass is 415 g/mol. The minimum Gasteiger partial charge on any atom is -0.496 e. The minimum absolute atomic E-state index is 0.144. The molecule has 3 rings (SSSR count). The first kappa shape index (κ1) is 22.6. The van der Waals surface area contributed by atoms with E-state index in [1.807, 2.05) is 41.1 Å². The molecule has 2 unspecified atom stereocenters. The summed E-state index contributed by atoms with van der Waals surface area (Å²) in [5.41, 5.74) is 0.944. The second-order valence-electron chi connectivity index (χ2n) is 8.76. The Morgan fingerprint density at radius 1 is 1.20 bits per heavy atom. The Morgan fingerprint density at radius 3 is 2.57 bits per heavy atom. The molecule has 2 fully saturated rings. The van der Waals surface area contributed by atoms with Gasteiger partial charge in [0.05, 0.1) is 19.1 Å². The molecule has 30 heavy (non-hydrogen) atoms. The molecule has 0 saturated carbocycles. The third-order valence-electron chi connectivity index (χ3n) is 6.82. The molecule has 0 N–H and O–H groups in total. The maximum atomic E-state index is 13.7. The lowest BCUT2D eigenvalue weighted by Crippen LogP contribution is -2.52. The van der Waals surface area contributed by atoms with E-state index >= 15 is 0 Å². The number of nitrogens with zero attached hydrogens (tertiary/aromatic N) is 3. The average molecular weight is 416 g/mol. The highest BCUT2D eigenvalue weighted by Crippen LogP contribution is 2.41. The molecule has 2 atom stereocenters. The smallest absolute Gasteiger partial charge is 0.228 e. The van der Waals surface area contributed by atoms with Gasteiger partial charge in [0, 0.05) is 31.6 Å². The van der Waals surface area contributed by atoms with Gasteiger partial charge in [-0.3, -0.25) is 9.59 Å². The highest BCUT2D eigenvalue weighted by Gasteiger charge is 2.43. The van der Waals surface area contributed by atoms with Crippen molar-refractivity contribution in [3.63, 3.8) is 0 Å². The van der Waals surface area contributed by atoms with Crippen LogP contribution in [0.2, 0.25) is 0 Å². The van der Waals surface area contributed by atoms with Gasteiger partial charge >= 0.3 is 0 Å². The van der Waals surface area contributed by atoms with E-state index < -0.39 is 0 Å². The Bertz CT molecular complexity index is 730. The van der Waals surface area contributed by atoms with E-state index in [4.69, 9.17) is 4.74 Å². The average Bonchev–Trinajstić information content (AvgIpc) is 2.77. The molecule has 0 aromatic heterocycles. The van der Waals surface area contributed by atoms with Crippen LogP contribution in [0.4, 0.5) is 0 Å². The van der Waals surface area contributed by atoms with E-state index in [9.17, 15) is 9.59 Å². The van der Waals surface area contributed by atoms with Crippen molar-refractivity contribution in [2.75, 3.05) is 40.8 Å². The standard InChI is InChI=1S/C24H37N3O3/c1-5-6-15-27-22(28)12-11-20(23(27)19-9-7-8-10-21(19)30-4)24(29)26(3)18-13-16-25(2)17-14-18/h7-10,18,20,23H,5-6,11-17H2,1-4H3. The first-order valence-electron chi connectivity index (χ1n) is 11.4. The lowest BCUT2D eigenvalue weighted by atomic mass is 9.82. The van der Waals surface area contributed by atoms with Crippen LogP contribution in [0.3, 0.4) is 0 Å². The minimum atomic E-state index is -0.268. The highest BCUT2D eigenvalue weighted by atomic mass is 16.5. The number of methoxy groups -OCH3 is 1. The molecule has 2 amide bonds. The summed E-state index contributed by atoms with van der Waals surface area (Å²) in [5, 5.41) is 0. The van der Waals surface area contributed by atoms with Gasteiger partial charge in [-0.1, -0.05) is 31.5 Å². The van der Waals surface area contributed by atoms with Crippen LogP contribution in [-0.4, -0.2) is 73.4 Å². The third kappa shape index (κ3) is 4.80. The number of amides is 2. The topological polar surface area (TPSA) is 53.1 Å². The van der Waals surface area contributed by atoms with Gasteiger partial charge in [-0.2, -0.15) is 0 Å². The second-order valence-corrected chi connectivity index (χ2v) is 8.76. The molecule has 0 bridgehead atoms. The number of unbranched alkanes of at least 4 members (excludes halogenated alkanes) is 1. The Hall–Kier alpha value is -2.08. The molecular weight excluding hydrogens is 378 g/mol. The SMILES string of the molecule is CCCCN1C(=O)CCC(C(=O)N(C)C2CCN(C)CC2)C1c1ccccc1OC. The van der Waals surface area contributed by atoms with E-state index in [1.165, 1.54) is 0 Å². The molecule has 0 spiro atoms. The van der Waals surface area contributed by atoms with Gasteiger partial charge in [0.15, 0.2) is 0 Å². The van der Waals surface area contributed by atoms with Crippen LogP contribution in [0.25, 0.3) is 0 Å². The van der Waals surface area contributed by atoms with Crippen LogP contribution in [0.15, 0.2) is 24.3 Å². The van der Waals surface area contributed by atoms with Crippen molar-refractivity contribution < 1.29 is 14.3 Å². The summed E-state index contributed by atoms with van der Waals surface area (Å²) in [6.07, 6.45) is 4.99. The summed E-state index contributed by atoms with van der Waals surface area (Å²) in [5.74, 6) is 0.818. The lowest BCUT2D eigenvalue weighted by molar-refractivity contribution is -0.149. The van der Waals surface area contributed by atoms with Crippen LogP contribution in [0.5, 0.6) is 5.75 Å². The van der Waals surface area contributed by atoms with Gasteiger partial charge in [-0.05, 0) is 51.9 Å². The summed E-state index contributed by atoms with van der Waals surface area (Å²) in [6, 6.07) is 7.84. The molecule has 0 radical (unpaired) electrons. The fraction of sp³-hybridized carbons (Fsp3) is 0.667. The van der Waals surface area contributed by atoms with Gasteiger partial charge in [-0.25, -0.2) is 0 Å². The Kier molecular flexibility index (Phi) is 7.75. The molecule has 166 valence electrons. The largest absolute Gasteiger partial charge is 0.496 e. The third-order valence-corrected chi connectivity index (χ3v) is 6.82. The summed E-state index contributed by atoms with van der Waals surface area (Å²) < 4.78 is 5.63. The molecule has 6 nitrogen and oxygen atoms in total.